The van der Waals surface area contributed by atoms with Gasteiger partial charge in [0.1, 0.15) is 11.2 Å². The van der Waals surface area contributed by atoms with Gasteiger partial charge in [-0.25, -0.2) is 4.79 Å². The van der Waals surface area contributed by atoms with Crippen LogP contribution >= 0.6 is 11.8 Å². The highest BCUT2D eigenvalue weighted by Crippen LogP contribution is 2.35. The summed E-state index contributed by atoms with van der Waals surface area (Å²) in [6.45, 7) is 10.4. The molecule has 0 amide bonds. The molecule has 0 aromatic carbocycles. The summed E-state index contributed by atoms with van der Waals surface area (Å²) in [4.78, 5) is 16.6. The Morgan fingerprint density at radius 3 is 2.54 bits per heavy atom. The van der Waals surface area contributed by atoms with Crippen LogP contribution in [0.1, 0.15) is 52.9 Å². The van der Waals surface area contributed by atoms with Crippen LogP contribution in [0.15, 0.2) is 23.0 Å². The number of nitrogens with zero attached hydrogens (tertiary/aromatic N) is 2. The maximum absolute atomic E-state index is 11.9. The van der Waals surface area contributed by atoms with Gasteiger partial charge in [-0.05, 0) is 30.7 Å². The Morgan fingerprint density at radius 2 is 1.92 bits per heavy atom. The van der Waals surface area contributed by atoms with Crippen LogP contribution in [-0.2, 0) is 9.53 Å². The molecule has 1 fully saturated rings. The van der Waals surface area contributed by atoms with Crippen LogP contribution < -0.4 is 0 Å². The minimum atomic E-state index is -0.790. The van der Waals surface area contributed by atoms with Crippen LogP contribution in [0.3, 0.4) is 0 Å². The number of carboxylic acids is 1. The fraction of sp³-hybridized carbons (Fsp3) is 0.750. The van der Waals surface area contributed by atoms with E-state index in [9.17, 15) is 9.90 Å². The molecule has 0 radical (unpaired) electrons. The number of hydrogen-bond acceptors (Lipinski definition) is 5. The second-order valence-electron chi connectivity index (χ2n) is 6.92. The lowest BCUT2D eigenvalue weighted by Crippen LogP contribution is -2.48. The molecule has 26 heavy (non-hydrogen) atoms. The first kappa shape index (κ1) is 21.2. The van der Waals surface area contributed by atoms with Crippen molar-refractivity contribution in [3.63, 3.8) is 0 Å². The van der Waals surface area contributed by atoms with E-state index in [2.05, 4.69) is 29.7 Å². The number of unbranched alkanes of at least 4 members (excludes halogenated alkanes) is 4. The summed E-state index contributed by atoms with van der Waals surface area (Å²) in [7, 11) is 0. The van der Waals surface area contributed by atoms with Crippen molar-refractivity contribution in [2.24, 2.45) is 0 Å². The number of aliphatic carboxylic acids is 1. The molecule has 0 aromatic rings. The summed E-state index contributed by atoms with van der Waals surface area (Å²) >= 11 is 1.73. The van der Waals surface area contributed by atoms with Crippen LogP contribution in [0.5, 0.6) is 0 Å². The van der Waals surface area contributed by atoms with E-state index in [1.165, 1.54) is 31.5 Å². The number of rotatable bonds is 10. The molecule has 2 aliphatic heterocycles. The molecule has 0 bridgehead atoms. The van der Waals surface area contributed by atoms with Gasteiger partial charge in [0.2, 0.25) is 0 Å². The van der Waals surface area contributed by atoms with Crippen molar-refractivity contribution in [3.8, 4) is 0 Å². The largest absolute Gasteiger partial charge is 0.478 e. The van der Waals surface area contributed by atoms with Gasteiger partial charge in [-0.15, -0.1) is 11.8 Å². The van der Waals surface area contributed by atoms with E-state index in [0.29, 0.717) is 5.57 Å². The van der Waals surface area contributed by atoms with Gasteiger partial charge in [-0.1, -0.05) is 39.5 Å². The third-order valence-corrected chi connectivity index (χ3v) is 6.13. The van der Waals surface area contributed by atoms with E-state index in [0.717, 1.165) is 50.6 Å². The molecule has 0 aliphatic carbocycles. The molecule has 0 saturated carbocycles. The predicted molar refractivity (Wildman–Crippen MR) is 108 cm³/mol. The molecule has 2 heterocycles. The predicted octanol–water partition coefficient (Wildman–Crippen LogP) is 3.93. The van der Waals surface area contributed by atoms with Crippen LogP contribution in [0, 0.1) is 0 Å². The molecule has 0 spiro atoms. The summed E-state index contributed by atoms with van der Waals surface area (Å²) in [6.07, 6.45) is 8.16. The third-order valence-electron chi connectivity index (χ3n) is 4.99. The van der Waals surface area contributed by atoms with E-state index in [-0.39, 0.29) is 5.37 Å². The van der Waals surface area contributed by atoms with Crippen molar-refractivity contribution in [2.45, 2.75) is 58.2 Å². The molecular weight excluding hydrogens is 348 g/mol. The fourth-order valence-corrected chi connectivity index (χ4v) is 4.78. The number of allylic oxidation sites excluding steroid dienone is 2. The SMILES string of the molecule is CCCCCCCN1C(N2CCOCC2)=CC(C)=C(C(=O)O)C1SCC. The number of hydrogen-bond donors (Lipinski definition) is 1. The number of thioether (sulfide) groups is 1. The zero-order valence-corrected chi connectivity index (χ0v) is 17.3. The minimum absolute atomic E-state index is 0.105. The lowest BCUT2D eigenvalue weighted by molar-refractivity contribution is -0.133. The van der Waals surface area contributed by atoms with E-state index in [1.54, 1.807) is 11.8 Å². The first-order valence-electron chi connectivity index (χ1n) is 9.96. The van der Waals surface area contributed by atoms with Gasteiger partial charge in [-0.2, -0.15) is 0 Å². The average Bonchev–Trinajstić information content (AvgIpc) is 2.63. The van der Waals surface area contributed by atoms with Crippen molar-refractivity contribution in [3.05, 3.63) is 23.0 Å². The summed E-state index contributed by atoms with van der Waals surface area (Å²) in [5, 5.41) is 9.70. The van der Waals surface area contributed by atoms with Gasteiger partial charge in [-0.3, -0.25) is 0 Å². The summed E-state index contributed by atoms with van der Waals surface area (Å²) in [6, 6.07) is 0. The number of carboxylic acid groups (broad SMARTS) is 1. The van der Waals surface area contributed by atoms with Gasteiger partial charge in [0.25, 0.3) is 0 Å². The second-order valence-corrected chi connectivity index (χ2v) is 8.28. The standard InChI is InChI=1S/C20H34N2O3S/c1-4-6-7-8-9-10-22-17(21-11-13-25-14-12-21)15-16(3)18(20(23)24)19(22)26-5-2/h15,19H,4-14H2,1-3H3,(H,23,24). The second kappa shape index (κ2) is 10.9. The van der Waals surface area contributed by atoms with Crippen LogP contribution in [-0.4, -0.2) is 64.9 Å². The van der Waals surface area contributed by atoms with Crippen molar-refractivity contribution in [1.29, 1.82) is 0 Å². The topological polar surface area (TPSA) is 53.0 Å². The lowest BCUT2D eigenvalue weighted by atomic mass is 10.0. The van der Waals surface area contributed by atoms with Gasteiger partial charge >= 0.3 is 5.97 Å². The molecule has 1 N–H and O–H groups in total. The smallest absolute Gasteiger partial charge is 0.334 e. The first-order chi connectivity index (χ1) is 12.6. The van der Waals surface area contributed by atoms with Gasteiger partial charge in [0.05, 0.1) is 18.8 Å². The van der Waals surface area contributed by atoms with Crippen LogP contribution in [0.25, 0.3) is 0 Å². The van der Waals surface area contributed by atoms with Gasteiger partial charge in [0, 0.05) is 19.6 Å². The quantitative estimate of drug-likeness (QED) is 0.578. The van der Waals surface area contributed by atoms with Gasteiger partial charge < -0.3 is 19.6 Å². The Bertz CT molecular complexity index is 527. The summed E-state index contributed by atoms with van der Waals surface area (Å²) < 4.78 is 5.51. The van der Waals surface area contributed by atoms with E-state index in [1.807, 2.05) is 6.92 Å². The highest BCUT2D eigenvalue weighted by Gasteiger charge is 2.35. The van der Waals surface area contributed by atoms with E-state index in [4.69, 9.17) is 4.74 Å². The minimum Gasteiger partial charge on any atom is -0.478 e. The Hall–Kier alpha value is -1.14. The van der Waals surface area contributed by atoms with Crippen LogP contribution in [0.2, 0.25) is 0 Å². The van der Waals surface area contributed by atoms with Crippen molar-refractivity contribution < 1.29 is 14.6 Å². The number of morpholine rings is 1. The molecule has 2 aliphatic rings. The summed E-state index contributed by atoms with van der Waals surface area (Å²) in [5.74, 6) is 1.29. The fourth-order valence-electron chi connectivity index (χ4n) is 3.61. The monoisotopic (exact) mass is 382 g/mol. The van der Waals surface area contributed by atoms with E-state index < -0.39 is 5.97 Å². The van der Waals surface area contributed by atoms with Crippen molar-refractivity contribution in [1.82, 2.24) is 9.80 Å². The van der Waals surface area contributed by atoms with Crippen LogP contribution in [0.4, 0.5) is 0 Å². The van der Waals surface area contributed by atoms with Gasteiger partial charge in [0.15, 0.2) is 0 Å². The normalized spacial score (nSPS) is 21.2. The first-order valence-corrected chi connectivity index (χ1v) is 11.0. The third kappa shape index (κ3) is 5.43. The molecule has 2 rings (SSSR count). The van der Waals surface area contributed by atoms with Crippen molar-refractivity contribution >= 4 is 17.7 Å². The number of ether oxygens (including phenoxy) is 1. The Kier molecular flexibility index (Phi) is 8.85. The molecule has 1 saturated heterocycles. The average molecular weight is 383 g/mol. The van der Waals surface area contributed by atoms with E-state index >= 15 is 0 Å². The molecule has 6 heteroatoms. The Morgan fingerprint density at radius 1 is 1.23 bits per heavy atom. The molecule has 1 unspecified atom stereocenters. The van der Waals surface area contributed by atoms with Crippen molar-refractivity contribution in [2.75, 3.05) is 38.6 Å². The molecule has 148 valence electrons. The molecular formula is C20H34N2O3S. The maximum atomic E-state index is 11.9. The zero-order chi connectivity index (χ0) is 18.9. The lowest BCUT2D eigenvalue weighted by Gasteiger charge is -2.44. The molecule has 0 aromatic heterocycles. The highest BCUT2D eigenvalue weighted by atomic mass is 32.2. The molecule has 1 atom stereocenters. The Balaban J connectivity index is 2.23. The number of carbonyl (C=O) groups is 1. The molecule has 5 nitrogen and oxygen atoms in total. The zero-order valence-electron chi connectivity index (χ0n) is 16.5. The maximum Gasteiger partial charge on any atom is 0.334 e. The summed E-state index contributed by atoms with van der Waals surface area (Å²) in [5.41, 5.74) is 1.43. The highest BCUT2D eigenvalue weighted by molar-refractivity contribution is 8.00. The Labute approximate surface area is 162 Å².